The smallest absolute Gasteiger partial charge is 0.104 e. The van der Waals surface area contributed by atoms with Crippen molar-refractivity contribution in [3.63, 3.8) is 0 Å². The van der Waals surface area contributed by atoms with Crippen LogP contribution < -0.4 is 10.7 Å². The van der Waals surface area contributed by atoms with Gasteiger partial charge in [0.1, 0.15) is 5.82 Å². The van der Waals surface area contributed by atoms with E-state index >= 15 is 0 Å². The Labute approximate surface area is 80.4 Å². The fraction of sp³-hybridized carbons (Fsp3) is 0.545. The van der Waals surface area contributed by atoms with Crippen molar-refractivity contribution in [3.8, 4) is 0 Å². The second-order valence-corrected chi connectivity index (χ2v) is 2.52. The summed E-state index contributed by atoms with van der Waals surface area (Å²) in [4.78, 5) is 7.50. The van der Waals surface area contributed by atoms with Crippen LogP contribution in [0.25, 0.3) is 12.2 Å². The van der Waals surface area contributed by atoms with Crippen LogP contribution in [0, 0.1) is 6.92 Å². The number of aryl methyl sites for hydroxylation is 1. The normalized spacial score (nSPS) is 12.7. The van der Waals surface area contributed by atoms with Gasteiger partial charge in [-0.3, -0.25) is 0 Å². The average Bonchev–Trinajstić information content (AvgIpc) is 2.50. The van der Waals surface area contributed by atoms with Gasteiger partial charge in [0.15, 0.2) is 0 Å². The first-order valence-corrected chi connectivity index (χ1v) is 4.97. The third-order valence-electron chi connectivity index (χ3n) is 1.56. The molecule has 0 unspecified atom stereocenters. The van der Waals surface area contributed by atoms with Crippen LogP contribution in [-0.4, -0.2) is 9.97 Å². The van der Waals surface area contributed by atoms with Gasteiger partial charge in [0, 0.05) is 0 Å². The molecule has 74 valence electrons. The highest BCUT2D eigenvalue weighted by Gasteiger charge is 1.88. The molecule has 0 radical (unpaired) electrons. The molecule has 0 bridgehead atoms. The molecule has 2 nitrogen and oxygen atoms in total. The highest BCUT2D eigenvalue weighted by molar-refractivity contribution is 5.23. The van der Waals surface area contributed by atoms with E-state index in [0.29, 0.717) is 0 Å². The van der Waals surface area contributed by atoms with E-state index < -0.39 is 0 Å². The minimum absolute atomic E-state index is 0.984. The molecule has 0 spiro atoms. The van der Waals surface area contributed by atoms with Gasteiger partial charge in [-0.25, -0.2) is 4.98 Å². The first-order chi connectivity index (χ1) is 6.27. The Morgan fingerprint density at radius 1 is 1.38 bits per heavy atom. The Bertz CT molecular complexity index is 333. The lowest BCUT2D eigenvalue weighted by molar-refractivity contribution is 1.13. The van der Waals surface area contributed by atoms with E-state index in [-0.39, 0.29) is 0 Å². The van der Waals surface area contributed by atoms with E-state index in [9.17, 15) is 0 Å². The Morgan fingerprint density at radius 3 is 2.46 bits per heavy atom. The van der Waals surface area contributed by atoms with Crippen LogP contribution in [0.15, 0.2) is 0 Å². The van der Waals surface area contributed by atoms with Gasteiger partial charge in [0.25, 0.3) is 0 Å². The summed E-state index contributed by atoms with van der Waals surface area (Å²) < 4.78 is 0. The van der Waals surface area contributed by atoms with Gasteiger partial charge in [-0.05, 0) is 20.3 Å². The molecule has 0 amide bonds. The van der Waals surface area contributed by atoms with E-state index in [1.165, 1.54) is 0 Å². The molecule has 2 heteroatoms. The second-order valence-electron chi connectivity index (χ2n) is 2.52. The Hall–Kier alpha value is -1.05. The van der Waals surface area contributed by atoms with Crippen molar-refractivity contribution in [2.75, 3.05) is 0 Å². The summed E-state index contributed by atoms with van der Waals surface area (Å²) in [6.07, 6.45) is 5.21. The van der Waals surface area contributed by atoms with Crippen LogP contribution in [0.4, 0.5) is 0 Å². The molecular weight excluding hydrogens is 160 g/mol. The van der Waals surface area contributed by atoms with Crippen molar-refractivity contribution in [2.24, 2.45) is 0 Å². The molecule has 0 saturated carbocycles. The van der Waals surface area contributed by atoms with Gasteiger partial charge in [0.2, 0.25) is 0 Å². The predicted molar refractivity (Wildman–Crippen MR) is 58.8 cm³/mol. The molecule has 1 aromatic rings. The number of hydrogen-bond acceptors (Lipinski definition) is 1. The predicted octanol–water partition coefficient (Wildman–Crippen LogP) is 1.74. The summed E-state index contributed by atoms with van der Waals surface area (Å²) in [5.41, 5.74) is 0. The molecule has 13 heavy (non-hydrogen) atoms. The summed E-state index contributed by atoms with van der Waals surface area (Å²) in [5, 5.41) is 2.21. The standard InChI is InChI=1S/C9H14N2.C2H6/c1-4-6-9-8(5-2)10-7(3)11-9;1-2/h5-6H,4H2,1-3H3,(H,10,11);1-2H3/b8-5+,9-6+;. The lowest BCUT2D eigenvalue weighted by Crippen LogP contribution is -2.23. The molecule has 0 aliphatic rings. The maximum atomic E-state index is 4.31. The lowest BCUT2D eigenvalue weighted by Gasteiger charge is -1.76. The number of rotatable bonds is 1. The Balaban J connectivity index is 0.000000671. The molecule has 0 aliphatic heterocycles. The third kappa shape index (κ3) is 3.45. The number of hydrogen-bond donors (Lipinski definition) is 1. The van der Waals surface area contributed by atoms with Crippen molar-refractivity contribution in [3.05, 3.63) is 16.5 Å². The number of nitrogens with one attached hydrogen (secondary N) is 1. The third-order valence-corrected chi connectivity index (χ3v) is 1.56. The zero-order valence-electron chi connectivity index (χ0n) is 9.31. The van der Waals surface area contributed by atoms with Gasteiger partial charge in [-0.2, -0.15) is 0 Å². The number of H-pyrrole nitrogens is 1. The average molecular weight is 180 g/mol. The highest BCUT2D eigenvalue weighted by Crippen LogP contribution is 1.75. The maximum absolute atomic E-state index is 4.31. The minimum atomic E-state index is 0.984. The zero-order chi connectivity index (χ0) is 10.3. The van der Waals surface area contributed by atoms with Gasteiger partial charge in [-0.15, -0.1) is 0 Å². The summed E-state index contributed by atoms with van der Waals surface area (Å²) in [7, 11) is 0. The van der Waals surface area contributed by atoms with Crippen LogP contribution >= 0.6 is 0 Å². The van der Waals surface area contributed by atoms with E-state index in [1.807, 2.05) is 33.8 Å². The first kappa shape index (κ1) is 11.9. The first-order valence-electron chi connectivity index (χ1n) is 4.97. The molecule has 1 rings (SSSR count). The number of aromatic nitrogens is 2. The second kappa shape index (κ2) is 6.46. The summed E-state index contributed by atoms with van der Waals surface area (Å²) in [5.74, 6) is 0.984. The Kier molecular flexibility index (Phi) is 5.94. The van der Waals surface area contributed by atoms with Crippen LogP contribution in [0.5, 0.6) is 0 Å². The van der Waals surface area contributed by atoms with E-state index in [1.54, 1.807) is 0 Å². The molecule has 1 aromatic heterocycles. The molecule has 0 fully saturated rings. The van der Waals surface area contributed by atoms with E-state index in [2.05, 4.69) is 23.0 Å². The topological polar surface area (TPSA) is 28.7 Å². The molecule has 1 heterocycles. The summed E-state index contributed by atoms with van der Waals surface area (Å²) in [6.45, 7) is 10.1. The quantitative estimate of drug-likeness (QED) is 0.700. The number of nitrogens with zero attached hydrogens (tertiary/aromatic N) is 1. The largest absolute Gasteiger partial charge is 0.342 e. The minimum Gasteiger partial charge on any atom is -0.342 e. The lowest BCUT2D eigenvalue weighted by atomic mass is 10.4. The Morgan fingerprint density at radius 2 is 2.00 bits per heavy atom. The fourth-order valence-corrected chi connectivity index (χ4v) is 1.11. The summed E-state index contributed by atoms with van der Waals surface area (Å²) in [6, 6.07) is 0. The van der Waals surface area contributed by atoms with Gasteiger partial charge in [-0.1, -0.05) is 32.9 Å². The molecular formula is C11H20N2. The van der Waals surface area contributed by atoms with E-state index in [4.69, 9.17) is 0 Å². The summed E-state index contributed by atoms with van der Waals surface area (Å²) >= 11 is 0. The fourth-order valence-electron chi connectivity index (χ4n) is 1.11. The van der Waals surface area contributed by atoms with Gasteiger partial charge < -0.3 is 4.98 Å². The van der Waals surface area contributed by atoms with Gasteiger partial charge >= 0.3 is 0 Å². The molecule has 1 N–H and O–H groups in total. The van der Waals surface area contributed by atoms with Crippen LogP contribution in [0.3, 0.4) is 0 Å². The van der Waals surface area contributed by atoms with Crippen molar-refractivity contribution < 1.29 is 0 Å². The highest BCUT2D eigenvalue weighted by atomic mass is 14.9. The molecule has 0 atom stereocenters. The molecule has 0 aliphatic carbocycles. The van der Waals surface area contributed by atoms with Crippen molar-refractivity contribution in [1.82, 2.24) is 9.97 Å². The SMILES string of the molecule is C/C=c1/nc(C)[nH]/c1=C/CC.CC. The maximum Gasteiger partial charge on any atom is 0.104 e. The van der Waals surface area contributed by atoms with Crippen molar-refractivity contribution >= 4 is 12.2 Å². The monoisotopic (exact) mass is 180 g/mol. The zero-order valence-corrected chi connectivity index (χ0v) is 9.31. The van der Waals surface area contributed by atoms with Crippen LogP contribution in [-0.2, 0) is 0 Å². The van der Waals surface area contributed by atoms with Crippen molar-refractivity contribution in [2.45, 2.75) is 41.0 Å². The number of aromatic amines is 1. The van der Waals surface area contributed by atoms with Gasteiger partial charge in [0.05, 0.1) is 10.7 Å². The van der Waals surface area contributed by atoms with Crippen LogP contribution in [0.2, 0.25) is 0 Å². The number of imidazole rings is 1. The molecule has 0 saturated heterocycles. The van der Waals surface area contributed by atoms with Crippen LogP contribution in [0.1, 0.15) is 39.9 Å². The molecule has 0 aromatic carbocycles. The van der Waals surface area contributed by atoms with Crippen molar-refractivity contribution in [1.29, 1.82) is 0 Å². The van der Waals surface area contributed by atoms with E-state index in [0.717, 1.165) is 22.9 Å².